The van der Waals surface area contributed by atoms with E-state index in [4.69, 9.17) is 21.1 Å². The first kappa shape index (κ1) is 27.2. The fourth-order valence-electron chi connectivity index (χ4n) is 2.98. The van der Waals surface area contributed by atoms with Crippen LogP contribution in [0, 0.1) is 0 Å². The number of nitrogens with one attached hydrogen (secondary N) is 1. The molecule has 0 saturated heterocycles. The van der Waals surface area contributed by atoms with E-state index >= 15 is 0 Å². The van der Waals surface area contributed by atoms with E-state index < -0.39 is 17.2 Å². The normalized spacial score (nSPS) is 13.5. The van der Waals surface area contributed by atoms with Crippen molar-refractivity contribution >= 4 is 29.5 Å². The number of rotatable bonds is 9. The molecule has 0 aliphatic carbocycles. The molecule has 8 heteroatoms. The lowest BCUT2D eigenvalue weighted by Crippen LogP contribution is -2.50. The number of halogens is 1. The summed E-state index contributed by atoms with van der Waals surface area (Å²) in [5.41, 5.74) is -0.568. The second-order valence-corrected chi connectivity index (χ2v) is 11.0. The summed E-state index contributed by atoms with van der Waals surface area (Å²) in [6.07, 6.45) is 0.500. The van der Waals surface area contributed by atoms with E-state index in [1.54, 1.807) is 45.9 Å². The summed E-state index contributed by atoms with van der Waals surface area (Å²) in [4.78, 5) is 13.7. The highest BCUT2D eigenvalue weighted by Crippen LogP contribution is 2.38. The second kappa shape index (κ2) is 11.4. The van der Waals surface area contributed by atoms with Gasteiger partial charge in [0.15, 0.2) is 0 Å². The number of ether oxygens (including phenoxy) is 2. The Bertz CT molecular complexity index is 960. The average molecular weight is 496 g/mol. The van der Waals surface area contributed by atoms with Crippen LogP contribution in [0.2, 0.25) is 5.02 Å². The van der Waals surface area contributed by atoms with Gasteiger partial charge >= 0.3 is 6.09 Å². The third-order valence-corrected chi connectivity index (χ3v) is 6.04. The minimum absolute atomic E-state index is 0.0375. The van der Waals surface area contributed by atoms with Gasteiger partial charge in [0, 0.05) is 9.92 Å². The Morgan fingerprint density at radius 1 is 1.15 bits per heavy atom. The Morgan fingerprint density at radius 2 is 1.85 bits per heavy atom. The van der Waals surface area contributed by atoms with Gasteiger partial charge in [-0.15, -0.1) is 0 Å². The van der Waals surface area contributed by atoms with Crippen LogP contribution in [-0.4, -0.2) is 40.2 Å². The van der Waals surface area contributed by atoms with Gasteiger partial charge in [-0.3, -0.25) is 0 Å². The smallest absolute Gasteiger partial charge is 0.408 e. The van der Waals surface area contributed by atoms with Gasteiger partial charge in [-0.1, -0.05) is 29.4 Å². The molecule has 3 N–H and O–H groups in total. The molecule has 0 fully saturated rings. The number of phenolic OH excluding ortho intramolecular Hbond substituents is 1. The summed E-state index contributed by atoms with van der Waals surface area (Å²) in [5, 5.41) is 23.4. The highest BCUT2D eigenvalue weighted by atomic mass is 35.5. The number of aliphatic hydroxyl groups excluding tert-OH is 1. The van der Waals surface area contributed by atoms with Crippen molar-refractivity contribution in [1.29, 1.82) is 0 Å². The van der Waals surface area contributed by atoms with Crippen molar-refractivity contribution in [2.45, 2.75) is 81.4 Å². The molecule has 0 heterocycles. The number of hydrogen-bond acceptors (Lipinski definition) is 6. The SMILES string of the molecule is CC(C)Oc1ccc(O)c(Sc2ccc(CC[C@@](C)(CO)NC(=O)OC(C)(C)C)c(Cl)c2)c1. The van der Waals surface area contributed by atoms with Crippen molar-refractivity contribution in [3.8, 4) is 11.5 Å². The number of hydrogen-bond donors (Lipinski definition) is 3. The van der Waals surface area contributed by atoms with Gasteiger partial charge in [-0.25, -0.2) is 4.79 Å². The first-order valence-corrected chi connectivity index (χ1v) is 12.1. The highest BCUT2D eigenvalue weighted by molar-refractivity contribution is 7.99. The Labute approximate surface area is 205 Å². The summed E-state index contributed by atoms with van der Waals surface area (Å²) in [5.74, 6) is 0.858. The van der Waals surface area contributed by atoms with Crippen molar-refractivity contribution in [2.75, 3.05) is 6.61 Å². The number of carbonyl (C=O) groups excluding carboxylic acids is 1. The average Bonchev–Trinajstić information content (AvgIpc) is 2.68. The van der Waals surface area contributed by atoms with Crippen LogP contribution < -0.4 is 10.1 Å². The standard InChI is InChI=1S/C25H34ClNO5S/c1-16(2)31-18-8-10-21(29)22(13-18)33-19-9-7-17(20(26)14-19)11-12-25(6,15-28)27-23(30)32-24(3,4)5/h7-10,13-14,16,28-29H,11-12,15H2,1-6H3,(H,27,30)/t25-/m0/s1. The number of benzene rings is 2. The van der Waals surface area contributed by atoms with Crippen LogP contribution in [0.1, 0.15) is 53.5 Å². The molecule has 2 rings (SSSR count). The molecule has 2 aromatic carbocycles. The molecule has 2 aromatic rings. The summed E-state index contributed by atoms with van der Waals surface area (Å²) in [6, 6.07) is 10.8. The van der Waals surface area contributed by atoms with E-state index in [0.29, 0.717) is 28.5 Å². The topological polar surface area (TPSA) is 88.0 Å². The van der Waals surface area contributed by atoms with Crippen LogP contribution in [0.4, 0.5) is 4.79 Å². The number of amides is 1. The number of aromatic hydroxyl groups is 1. The van der Waals surface area contributed by atoms with Gasteiger partial charge in [0.25, 0.3) is 0 Å². The van der Waals surface area contributed by atoms with Crippen LogP contribution >= 0.6 is 23.4 Å². The first-order valence-electron chi connectivity index (χ1n) is 10.9. The molecule has 0 aromatic heterocycles. The lowest BCUT2D eigenvalue weighted by Gasteiger charge is -2.30. The summed E-state index contributed by atoms with van der Waals surface area (Å²) in [7, 11) is 0. The lowest BCUT2D eigenvalue weighted by atomic mass is 9.94. The monoisotopic (exact) mass is 495 g/mol. The largest absolute Gasteiger partial charge is 0.507 e. The molecular formula is C25H34ClNO5S. The summed E-state index contributed by atoms with van der Waals surface area (Å²) >= 11 is 7.92. The third kappa shape index (κ3) is 8.99. The molecule has 1 amide bonds. The Balaban J connectivity index is 2.06. The number of carbonyl (C=O) groups is 1. The summed E-state index contributed by atoms with van der Waals surface area (Å²) < 4.78 is 11.0. The number of alkyl carbamates (subject to hydrolysis) is 1. The zero-order chi connectivity index (χ0) is 24.8. The van der Waals surface area contributed by atoms with Crippen LogP contribution in [0.15, 0.2) is 46.2 Å². The molecule has 33 heavy (non-hydrogen) atoms. The zero-order valence-corrected chi connectivity index (χ0v) is 21.6. The molecule has 0 radical (unpaired) electrons. The van der Waals surface area contributed by atoms with Crippen LogP contribution in [0.25, 0.3) is 0 Å². The quantitative estimate of drug-likeness (QED) is 0.384. The van der Waals surface area contributed by atoms with Gasteiger partial charge in [-0.2, -0.15) is 0 Å². The molecule has 0 aliphatic rings. The minimum Gasteiger partial charge on any atom is -0.507 e. The van der Waals surface area contributed by atoms with Gasteiger partial charge in [-0.05, 0) is 90.3 Å². The minimum atomic E-state index is -0.846. The van der Waals surface area contributed by atoms with Gasteiger partial charge in [0.05, 0.1) is 23.1 Å². The van der Waals surface area contributed by atoms with Gasteiger partial charge in [0.1, 0.15) is 17.1 Å². The zero-order valence-electron chi connectivity index (χ0n) is 20.1. The van der Waals surface area contributed by atoms with Crippen molar-refractivity contribution < 1.29 is 24.5 Å². The van der Waals surface area contributed by atoms with Crippen LogP contribution in [0.3, 0.4) is 0 Å². The fraction of sp³-hybridized carbons (Fsp3) is 0.480. The van der Waals surface area contributed by atoms with Gasteiger partial charge in [0.2, 0.25) is 0 Å². The molecule has 0 saturated carbocycles. The predicted molar refractivity (Wildman–Crippen MR) is 133 cm³/mol. The maximum atomic E-state index is 12.1. The molecule has 0 bridgehead atoms. The molecule has 6 nitrogen and oxygen atoms in total. The van der Waals surface area contributed by atoms with E-state index in [2.05, 4.69) is 5.32 Å². The van der Waals surface area contributed by atoms with Gasteiger partial charge < -0.3 is 25.0 Å². The maximum absolute atomic E-state index is 12.1. The van der Waals surface area contributed by atoms with Crippen molar-refractivity contribution in [3.63, 3.8) is 0 Å². The third-order valence-electron chi connectivity index (χ3n) is 4.65. The van der Waals surface area contributed by atoms with E-state index in [1.165, 1.54) is 11.8 Å². The molecule has 182 valence electrons. The molecular weight excluding hydrogens is 462 g/mol. The highest BCUT2D eigenvalue weighted by Gasteiger charge is 2.28. The number of phenols is 1. The molecule has 0 aliphatic heterocycles. The molecule has 1 atom stereocenters. The lowest BCUT2D eigenvalue weighted by molar-refractivity contribution is 0.0407. The van der Waals surface area contributed by atoms with Crippen LogP contribution in [0.5, 0.6) is 11.5 Å². The Morgan fingerprint density at radius 3 is 2.42 bits per heavy atom. The second-order valence-electron chi connectivity index (χ2n) is 9.50. The number of aliphatic hydroxyl groups is 1. The predicted octanol–water partition coefficient (Wildman–Crippen LogP) is 6.19. The van der Waals surface area contributed by atoms with E-state index in [1.807, 2.05) is 32.0 Å². The Hall–Kier alpha value is -2.09. The summed E-state index contributed by atoms with van der Waals surface area (Å²) in [6.45, 7) is 10.8. The van der Waals surface area contributed by atoms with E-state index in [9.17, 15) is 15.0 Å². The van der Waals surface area contributed by atoms with Crippen molar-refractivity contribution in [1.82, 2.24) is 5.32 Å². The number of aryl methyl sites for hydroxylation is 1. The maximum Gasteiger partial charge on any atom is 0.408 e. The molecule has 0 spiro atoms. The fourth-order valence-corrected chi connectivity index (χ4v) is 4.24. The van der Waals surface area contributed by atoms with E-state index in [-0.39, 0.29) is 18.5 Å². The van der Waals surface area contributed by atoms with Crippen LogP contribution in [-0.2, 0) is 11.2 Å². The van der Waals surface area contributed by atoms with E-state index in [0.717, 1.165) is 10.5 Å². The van der Waals surface area contributed by atoms with Crippen molar-refractivity contribution in [2.24, 2.45) is 0 Å². The van der Waals surface area contributed by atoms with Crippen molar-refractivity contribution in [3.05, 3.63) is 47.0 Å². The first-order chi connectivity index (χ1) is 15.3. The molecule has 0 unspecified atom stereocenters. The Kier molecular flexibility index (Phi) is 9.35.